The largest absolute Gasteiger partial charge is 0.494 e. The van der Waals surface area contributed by atoms with E-state index in [1.807, 2.05) is 0 Å². The van der Waals surface area contributed by atoms with Gasteiger partial charge in [-0.1, -0.05) is 30.3 Å². The molecular formula is C13H12N2O4. The van der Waals surface area contributed by atoms with E-state index in [2.05, 4.69) is 9.97 Å². The van der Waals surface area contributed by atoms with Gasteiger partial charge in [0.25, 0.3) is 0 Å². The van der Waals surface area contributed by atoms with E-state index in [1.54, 1.807) is 30.3 Å². The second kappa shape index (κ2) is 5.81. The highest BCUT2D eigenvalue weighted by molar-refractivity contribution is 5.74. The molecule has 1 atom stereocenters. The van der Waals surface area contributed by atoms with E-state index in [0.717, 1.165) is 0 Å². The second-order valence-corrected chi connectivity index (χ2v) is 3.65. The zero-order valence-corrected chi connectivity index (χ0v) is 10.2. The summed E-state index contributed by atoms with van der Waals surface area (Å²) in [4.78, 5) is 19.0. The molecule has 19 heavy (non-hydrogen) atoms. The molecule has 1 heterocycles. The van der Waals surface area contributed by atoms with E-state index in [9.17, 15) is 9.90 Å². The highest BCUT2D eigenvalue weighted by Crippen LogP contribution is 2.20. The molecule has 0 radical (unpaired) electrons. The van der Waals surface area contributed by atoms with Gasteiger partial charge in [-0.2, -0.15) is 9.97 Å². The summed E-state index contributed by atoms with van der Waals surface area (Å²) in [6.07, 6.45) is 1.67. The average Bonchev–Trinajstić information content (AvgIpc) is 2.46. The van der Waals surface area contributed by atoms with Crippen molar-refractivity contribution in [3.63, 3.8) is 0 Å². The number of methoxy groups -OCH3 is 1. The second-order valence-electron chi connectivity index (χ2n) is 3.65. The normalized spacial score (nSPS) is 11.6. The summed E-state index contributed by atoms with van der Waals surface area (Å²) in [6.45, 7) is 0. The lowest BCUT2D eigenvalue weighted by Gasteiger charge is -2.13. The number of ether oxygens (including phenoxy) is 2. The van der Waals surface area contributed by atoms with Gasteiger partial charge >= 0.3 is 12.0 Å². The molecule has 0 saturated carbocycles. The first kappa shape index (κ1) is 12.8. The lowest BCUT2D eigenvalue weighted by atomic mass is 10.1. The number of benzene rings is 1. The van der Waals surface area contributed by atoms with Crippen LogP contribution in [-0.4, -0.2) is 28.2 Å². The van der Waals surface area contributed by atoms with Crippen LogP contribution in [0.5, 0.6) is 11.8 Å². The van der Waals surface area contributed by atoms with Gasteiger partial charge in [0.15, 0.2) is 5.75 Å². The van der Waals surface area contributed by atoms with Crippen LogP contribution in [0.2, 0.25) is 0 Å². The Morgan fingerprint density at radius 3 is 2.37 bits per heavy atom. The number of rotatable bonds is 5. The van der Waals surface area contributed by atoms with Crippen LogP contribution < -0.4 is 9.47 Å². The van der Waals surface area contributed by atoms with E-state index < -0.39 is 12.1 Å². The van der Waals surface area contributed by atoms with Gasteiger partial charge in [-0.05, 0) is 0 Å². The first-order chi connectivity index (χ1) is 9.20. The molecule has 0 fully saturated rings. The van der Waals surface area contributed by atoms with Crippen molar-refractivity contribution < 1.29 is 19.4 Å². The number of nitrogens with zero attached hydrogens (tertiary/aromatic N) is 2. The molecule has 98 valence electrons. The first-order valence-corrected chi connectivity index (χ1v) is 5.51. The molecule has 0 aliphatic carbocycles. The van der Waals surface area contributed by atoms with Crippen molar-refractivity contribution in [1.29, 1.82) is 0 Å². The quantitative estimate of drug-likeness (QED) is 0.881. The zero-order valence-electron chi connectivity index (χ0n) is 10.2. The fraction of sp³-hybridized carbons (Fsp3) is 0.154. The minimum Gasteiger partial charge on any atom is -0.494 e. The van der Waals surface area contributed by atoms with E-state index in [-0.39, 0.29) is 6.01 Å². The average molecular weight is 260 g/mol. The highest BCUT2D eigenvalue weighted by Gasteiger charge is 2.22. The van der Waals surface area contributed by atoms with Gasteiger partial charge in [0.2, 0.25) is 6.10 Å². The number of carboxylic acid groups (broad SMARTS) is 1. The van der Waals surface area contributed by atoms with Crippen LogP contribution in [0.1, 0.15) is 11.7 Å². The Kier molecular flexibility index (Phi) is 3.92. The Bertz CT molecular complexity index is 542. The van der Waals surface area contributed by atoms with Gasteiger partial charge < -0.3 is 14.6 Å². The fourth-order valence-corrected chi connectivity index (χ4v) is 1.46. The van der Waals surface area contributed by atoms with Crippen LogP contribution in [-0.2, 0) is 4.79 Å². The molecule has 1 aromatic carbocycles. The molecule has 0 amide bonds. The molecule has 1 aromatic heterocycles. The number of aliphatic carboxylic acids is 1. The maximum atomic E-state index is 11.2. The minimum atomic E-state index is -1.14. The van der Waals surface area contributed by atoms with Crippen LogP contribution in [0.3, 0.4) is 0 Å². The number of carbonyl (C=O) groups is 1. The number of carboxylic acids is 1. The highest BCUT2D eigenvalue weighted by atomic mass is 16.5. The Morgan fingerprint density at radius 2 is 1.84 bits per heavy atom. The maximum Gasteiger partial charge on any atom is 0.349 e. The van der Waals surface area contributed by atoms with Crippen molar-refractivity contribution in [1.82, 2.24) is 9.97 Å². The van der Waals surface area contributed by atoms with Crippen molar-refractivity contribution >= 4 is 5.97 Å². The smallest absolute Gasteiger partial charge is 0.349 e. The Morgan fingerprint density at radius 1 is 1.21 bits per heavy atom. The molecule has 0 saturated heterocycles. The third-order valence-electron chi connectivity index (χ3n) is 2.39. The fourth-order valence-electron chi connectivity index (χ4n) is 1.46. The summed E-state index contributed by atoms with van der Waals surface area (Å²) in [5.41, 5.74) is 0.523. The summed E-state index contributed by atoms with van der Waals surface area (Å²) in [7, 11) is 1.49. The Balaban J connectivity index is 2.19. The van der Waals surface area contributed by atoms with Gasteiger partial charge in [0, 0.05) is 5.56 Å². The van der Waals surface area contributed by atoms with E-state index in [1.165, 1.54) is 19.5 Å². The topological polar surface area (TPSA) is 81.5 Å². The van der Waals surface area contributed by atoms with Crippen molar-refractivity contribution in [2.45, 2.75) is 6.10 Å². The molecule has 1 N–H and O–H groups in total. The third kappa shape index (κ3) is 3.19. The molecule has 0 bridgehead atoms. The van der Waals surface area contributed by atoms with Crippen LogP contribution >= 0.6 is 0 Å². The number of aromatic nitrogens is 2. The molecule has 0 aliphatic heterocycles. The van der Waals surface area contributed by atoms with Crippen LogP contribution in [0.25, 0.3) is 0 Å². The number of hydrogen-bond donors (Lipinski definition) is 1. The van der Waals surface area contributed by atoms with Gasteiger partial charge in [0.05, 0.1) is 19.5 Å². The lowest BCUT2D eigenvalue weighted by Crippen LogP contribution is -2.19. The van der Waals surface area contributed by atoms with Crippen LogP contribution in [0.4, 0.5) is 0 Å². The Hall–Kier alpha value is -2.63. The SMILES string of the molecule is COc1cnc(OC(C(=O)O)c2ccccc2)nc1. The van der Waals surface area contributed by atoms with Gasteiger partial charge in [-0.15, -0.1) is 0 Å². The van der Waals surface area contributed by atoms with Crippen molar-refractivity contribution in [2.24, 2.45) is 0 Å². The summed E-state index contributed by atoms with van der Waals surface area (Å²) >= 11 is 0. The van der Waals surface area contributed by atoms with Crippen molar-refractivity contribution in [3.05, 3.63) is 48.3 Å². The summed E-state index contributed by atoms with van der Waals surface area (Å²) in [5, 5.41) is 9.18. The molecule has 2 rings (SSSR count). The van der Waals surface area contributed by atoms with Crippen molar-refractivity contribution in [2.75, 3.05) is 7.11 Å². The van der Waals surface area contributed by atoms with Crippen LogP contribution in [0, 0.1) is 0 Å². The summed E-state index contributed by atoms with van der Waals surface area (Å²) in [6, 6.07) is 8.60. The number of hydrogen-bond acceptors (Lipinski definition) is 5. The van der Waals surface area contributed by atoms with Crippen molar-refractivity contribution in [3.8, 4) is 11.8 Å². The zero-order chi connectivity index (χ0) is 13.7. The lowest BCUT2D eigenvalue weighted by molar-refractivity contribution is -0.145. The molecular weight excluding hydrogens is 248 g/mol. The van der Waals surface area contributed by atoms with E-state index in [0.29, 0.717) is 11.3 Å². The van der Waals surface area contributed by atoms with Gasteiger partial charge in [0.1, 0.15) is 0 Å². The third-order valence-corrected chi connectivity index (χ3v) is 2.39. The molecule has 6 nitrogen and oxygen atoms in total. The first-order valence-electron chi connectivity index (χ1n) is 5.51. The molecule has 2 aromatic rings. The van der Waals surface area contributed by atoms with Crippen LogP contribution in [0.15, 0.2) is 42.7 Å². The molecule has 0 aliphatic rings. The standard InChI is InChI=1S/C13H12N2O4/c1-18-10-7-14-13(15-8-10)19-11(12(16)17)9-5-3-2-4-6-9/h2-8,11H,1H3,(H,16,17). The summed E-state index contributed by atoms with van der Waals surface area (Å²) in [5.74, 6) is -0.635. The molecule has 6 heteroatoms. The van der Waals surface area contributed by atoms with E-state index >= 15 is 0 Å². The predicted octanol–water partition coefficient (Wildman–Crippen LogP) is 1.69. The predicted molar refractivity (Wildman–Crippen MR) is 66.0 cm³/mol. The van der Waals surface area contributed by atoms with Gasteiger partial charge in [-0.25, -0.2) is 4.79 Å². The Labute approximate surface area is 109 Å². The summed E-state index contributed by atoms with van der Waals surface area (Å²) < 4.78 is 10.2. The van der Waals surface area contributed by atoms with E-state index in [4.69, 9.17) is 9.47 Å². The molecule has 1 unspecified atom stereocenters. The molecule has 0 spiro atoms. The van der Waals surface area contributed by atoms with Gasteiger partial charge in [-0.3, -0.25) is 0 Å². The minimum absolute atomic E-state index is 0.0166. The monoisotopic (exact) mass is 260 g/mol. The maximum absolute atomic E-state index is 11.2.